The van der Waals surface area contributed by atoms with Gasteiger partial charge in [0, 0.05) is 17.6 Å². The largest absolute Gasteiger partial charge is 0.497 e. The molecule has 4 rings (SSSR count). The van der Waals surface area contributed by atoms with Crippen molar-refractivity contribution in [3.05, 3.63) is 88.8 Å². The van der Waals surface area contributed by atoms with E-state index >= 15 is 0 Å². The van der Waals surface area contributed by atoms with E-state index in [9.17, 15) is 9.59 Å². The molecule has 0 fully saturated rings. The summed E-state index contributed by atoms with van der Waals surface area (Å²) in [5.74, 6) is 1.65. The quantitative estimate of drug-likeness (QED) is 0.393. The van der Waals surface area contributed by atoms with Crippen LogP contribution < -0.4 is 25.8 Å². The van der Waals surface area contributed by atoms with Crippen molar-refractivity contribution in [3.63, 3.8) is 0 Å². The molecule has 0 aliphatic carbocycles. The number of ether oxygens (including phenoxy) is 2. The van der Waals surface area contributed by atoms with Gasteiger partial charge in [-0.3, -0.25) is 9.36 Å². The van der Waals surface area contributed by atoms with Crippen LogP contribution in [0.4, 0.5) is 11.5 Å². The number of carbonyl (C=O) groups is 1. The summed E-state index contributed by atoms with van der Waals surface area (Å²) < 4.78 is 12.0. The van der Waals surface area contributed by atoms with Crippen molar-refractivity contribution in [3.8, 4) is 11.5 Å². The molecule has 0 saturated heterocycles. The topological polar surface area (TPSA) is 94.5 Å². The van der Waals surface area contributed by atoms with Crippen LogP contribution in [0.15, 0.2) is 77.6 Å². The molecule has 1 amide bonds. The van der Waals surface area contributed by atoms with Crippen molar-refractivity contribution in [1.29, 1.82) is 0 Å². The Bertz CT molecular complexity index is 1330. The first-order valence-corrected chi connectivity index (χ1v) is 11.0. The zero-order valence-electron chi connectivity index (χ0n) is 19.1. The van der Waals surface area contributed by atoms with Gasteiger partial charge < -0.3 is 20.1 Å². The molecule has 0 aliphatic heterocycles. The van der Waals surface area contributed by atoms with E-state index in [4.69, 9.17) is 9.47 Å². The van der Waals surface area contributed by atoms with Gasteiger partial charge in [-0.05, 0) is 61.0 Å². The lowest BCUT2D eigenvalue weighted by molar-refractivity contribution is -0.116. The molecule has 0 saturated carbocycles. The second-order valence-corrected chi connectivity index (χ2v) is 7.55. The predicted octanol–water partition coefficient (Wildman–Crippen LogP) is 4.05. The fourth-order valence-electron chi connectivity index (χ4n) is 3.59. The molecule has 0 atom stereocenters. The summed E-state index contributed by atoms with van der Waals surface area (Å²) in [4.78, 5) is 29.8. The molecule has 3 aromatic carbocycles. The van der Waals surface area contributed by atoms with Crippen molar-refractivity contribution in [2.75, 3.05) is 24.4 Å². The zero-order chi connectivity index (χ0) is 23.9. The number of amides is 1. The number of hydrogen-bond donors (Lipinski definition) is 2. The minimum Gasteiger partial charge on any atom is -0.497 e. The van der Waals surface area contributed by atoms with E-state index < -0.39 is 5.69 Å². The van der Waals surface area contributed by atoms with Crippen LogP contribution in [0.2, 0.25) is 0 Å². The van der Waals surface area contributed by atoms with E-state index in [1.807, 2.05) is 49.4 Å². The number of aromatic nitrogens is 2. The highest BCUT2D eigenvalue weighted by molar-refractivity contribution is 5.93. The SMILES string of the molecule is CCOc1ccc(NC(=O)Cn2c(=O)nc(NCc3ccc(OC)cc3)c3ccccc32)cc1. The van der Waals surface area contributed by atoms with Gasteiger partial charge in [0.15, 0.2) is 0 Å². The number of methoxy groups -OCH3 is 1. The van der Waals surface area contributed by atoms with E-state index in [2.05, 4.69) is 15.6 Å². The van der Waals surface area contributed by atoms with Crippen molar-refractivity contribution in [2.45, 2.75) is 20.0 Å². The third kappa shape index (κ3) is 5.35. The van der Waals surface area contributed by atoms with Crippen LogP contribution in [0, 0.1) is 0 Å². The average molecular weight is 459 g/mol. The molecule has 0 aliphatic rings. The Hall–Kier alpha value is -4.33. The summed E-state index contributed by atoms with van der Waals surface area (Å²) in [5, 5.41) is 6.81. The van der Waals surface area contributed by atoms with Crippen LogP contribution in [0.3, 0.4) is 0 Å². The van der Waals surface area contributed by atoms with Crippen molar-refractivity contribution < 1.29 is 14.3 Å². The second kappa shape index (κ2) is 10.5. The van der Waals surface area contributed by atoms with Crippen LogP contribution in [0.5, 0.6) is 11.5 Å². The van der Waals surface area contributed by atoms with E-state index in [0.717, 1.165) is 22.4 Å². The Morgan fingerprint density at radius 3 is 2.38 bits per heavy atom. The van der Waals surface area contributed by atoms with Gasteiger partial charge in [0.05, 0.1) is 19.2 Å². The van der Waals surface area contributed by atoms with Crippen LogP contribution in [-0.4, -0.2) is 29.2 Å². The Morgan fingerprint density at radius 2 is 1.68 bits per heavy atom. The van der Waals surface area contributed by atoms with E-state index in [1.165, 1.54) is 4.57 Å². The molecule has 4 aromatic rings. The molecule has 1 heterocycles. The number of fused-ring (bicyclic) bond motifs is 1. The van der Waals surface area contributed by atoms with Crippen LogP contribution >= 0.6 is 0 Å². The van der Waals surface area contributed by atoms with Crippen molar-refractivity contribution in [2.24, 2.45) is 0 Å². The standard InChI is InChI=1S/C26H26N4O4/c1-3-34-21-14-10-19(11-15-21)28-24(31)17-30-23-7-5-4-6-22(23)25(29-26(30)32)27-16-18-8-12-20(33-2)13-9-18/h4-15H,3,16-17H2,1-2H3,(H,28,31)(H,27,29,32). The summed E-state index contributed by atoms with van der Waals surface area (Å²) in [6.07, 6.45) is 0. The normalized spacial score (nSPS) is 10.6. The van der Waals surface area contributed by atoms with Crippen LogP contribution in [0.25, 0.3) is 10.9 Å². The highest BCUT2D eigenvalue weighted by atomic mass is 16.5. The minimum absolute atomic E-state index is 0.154. The van der Waals surface area contributed by atoms with Gasteiger partial charge in [-0.2, -0.15) is 4.98 Å². The molecular weight excluding hydrogens is 432 g/mol. The fourth-order valence-corrected chi connectivity index (χ4v) is 3.59. The minimum atomic E-state index is -0.502. The molecule has 2 N–H and O–H groups in total. The van der Waals surface area contributed by atoms with E-state index in [0.29, 0.717) is 30.2 Å². The average Bonchev–Trinajstić information content (AvgIpc) is 2.86. The summed E-state index contributed by atoms with van der Waals surface area (Å²) >= 11 is 0. The zero-order valence-corrected chi connectivity index (χ0v) is 19.1. The number of rotatable bonds is 9. The van der Waals surface area contributed by atoms with Crippen molar-refractivity contribution >= 4 is 28.3 Å². The number of anilines is 2. The third-order valence-electron chi connectivity index (χ3n) is 5.26. The lowest BCUT2D eigenvalue weighted by Gasteiger charge is -2.14. The van der Waals surface area contributed by atoms with E-state index in [1.54, 1.807) is 37.4 Å². The smallest absolute Gasteiger partial charge is 0.350 e. The maximum Gasteiger partial charge on any atom is 0.350 e. The van der Waals surface area contributed by atoms with Gasteiger partial charge in [0.25, 0.3) is 0 Å². The molecule has 34 heavy (non-hydrogen) atoms. The highest BCUT2D eigenvalue weighted by Gasteiger charge is 2.13. The Labute approximate surface area is 197 Å². The highest BCUT2D eigenvalue weighted by Crippen LogP contribution is 2.21. The second-order valence-electron chi connectivity index (χ2n) is 7.55. The predicted molar refractivity (Wildman–Crippen MR) is 133 cm³/mol. The Morgan fingerprint density at radius 1 is 0.971 bits per heavy atom. The summed E-state index contributed by atoms with van der Waals surface area (Å²) in [6.45, 7) is 2.81. The Balaban J connectivity index is 1.52. The molecule has 0 spiro atoms. The molecule has 174 valence electrons. The molecule has 0 unspecified atom stereocenters. The summed E-state index contributed by atoms with van der Waals surface area (Å²) in [5.41, 5.74) is 1.77. The molecule has 8 heteroatoms. The molecule has 8 nitrogen and oxygen atoms in total. The van der Waals surface area contributed by atoms with Crippen molar-refractivity contribution in [1.82, 2.24) is 9.55 Å². The number of para-hydroxylation sites is 1. The number of hydrogen-bond acceptors (Lipinski definition) is 6. The van der Waals surface area contributed by atoms with Gasteiger partial charge >= 0.3 is 5.69 Å². The maximum atomic E-state index is 12.9. The van der Waals surface area contributed by atoms with Gasteiger partial charge in [-0.15, -0.1) is 0 Å². The monoisotopic (exact) mass is 458 g/mol. The van der Waals surface area contributed by atoms with Crippen LogP contribution in [-0.2, 0) is 17.9 Å². The molecular formula is C26H26N4O4. The van der Waals surface area contributed by atoms with Gasteiger partial charge in [0.1, 0.15) is 23.9 Å². The first kappa shape index (κ1) is 22.8. The first-order valence-electron chi connectivity index (χ1n) is 11.0. The van der Waals surface area contributed by atoms with Crippen LogP contribution in [0.1, 0.15) is 12.5 Å². The van der Waals surface area contributed by atoms with Gasteiger partial charge in [-0.25, -0.2) is 4.79 Å². The third-order valence-corrected chi connectivity index (χ3v) is 5.26. The van der Waals surface area contributed by atoms with Gasteiger partial charge in [-0.1, -0.05) is 24.3 Å². The van der Waals surface area contributed by atoms with Gasteiger partial charge in [0.2, 0.25) is 5.91 Å². The molecule has 0 radical (unpaired) electrons. The molecule has 0 bridgehead atoms. The lowest BCUT2D eigenvalue weighted by atomic mass is 10.2. The number of carbonyl (C=O) groups excluding carboxylic acids is 1. The molecule has 1 aromatic heterocycles. The number of nitrogens with zero attached hydrogens (tertiary/aromatic N) is 2. The lowest BCUT2D eigenvalue weighted by Crippen LogP contribution is -2.30. The number of benzene rings is 3. The first-order chi connectivity index (χ1) is 16.6. The summed E-state index contributed by atoms with van der Waals surface area (Å²) in [6, 6.07) is 22.1. The van der Waals surface area contributed by atoms with E-state index in [-0.39, 0.29) is 12.5 Å². The fraction of sp³-hybridized carbons (Fsp3) is 0.192. The summed E-state index contributed by atoms with van der Waals surface area (Å²) in [7, 11) is 1.62. The maximum absolute atomic E-state index is 12.9. The Kier molecular flexibility index (Phi) is 7.07. The number of nitrogens with one attached hydrogen (secondary N) is 2.